The minimum atomic E-state index is -0.230. The predicted molar refractivity (Wildman–Crippen MR) is 62.5 cm³/mol. The van der Waals surface area contributed by atoms with Crippen molar-refractivity contribution >= 4 is 5.91 Å². The van der Waals surface area contributed by atoms with Crippen LogP contribution in [0, 0.1) is 0 Å². The van der Waals surface area contributed by atoms with Gasteiger partial charge in [-0.05, 0) is 33.1 Å². The van der Waals surface area contributed by atoms with Crippen LogP contribution in [0.15, 0.2) is 0 Å². The van der Waals surface area contributed by atoms with E-state index in [1.54, 1.807) is 0 Å². The number of hydrogen-bond acceptors (Lipinski definition) is 2. The molecule has 0 heterocycles. The van der Waals surface area contributed by atoms with E-state index in [9.17, 15) is 4.79 Å². The lowest BCUT2D eigenvalue weighted by Crippen LogP contribution is -2.38. The first-order chi connectivity index (χ1) is 6.90. The van der Waals surface area contributed by atoms with Crippen LogP contribution in [-0.2, 0) is 4.79 Å². The van der Waals surface area contributed by atoms with E-state index in [1.807, 2.05) is 25.8 Å². The van der Waals surface area contributed by atoms with Crippen LogP contribution in [0.4, 0.5) is 0 Å². The van der Waals surface area contributed by atoms with Crippen molar-refractivity contribution in [2.75, 3.05) is 7.05 Å². The Hall–Kier alpha value is -0.570. The van der Waals surface area contributed by atoms with Crippen molar-refractivity contribution in [2.45, 2.75) is 64.0 Å². The van der Waals surface area contributed by atoms with Gasteiger partial charge < -0.3 is 10.6 Å². The minimum Gasteiger partial charge on any atom is -0.343 e. The van der Waals surface area contributed by atoms with Crippen molar-refractivity contribution < 1.29 is 4.79 Å². The van der Waals surface area contributed by atoms with Gasteiger partial charge in [0.25, 0.3) is 0 Å². The molecule has 1 rings (SSSR count). The zero-order valence-electron chi connectivity index (χ0n) is 10.3. The highest BCUT2D eigenvalue weighted by atomic mass is 16.2. The molecule has 3 heteroatoms. The van der Waals surface area contributed by atoms with Gasteiger partial charge in [0.2, 0.25) is 5.91 Å². The van der Waals surface area contributed by atoms with Crippen molar-refractivity contribution in [3.8, 4) is 0 Å². The molecule has 2 N–H and O–H groups in total. The first-order valence-corrected chi connectivity index (χ1v) is 5.95. The van der Waals surface area contributed by atoms with Crippen LogP contribution in [0.5, 0.6) is 0 Å². The third kappa shape index (κ3) is 4.20. The Morgan fingerprint density at radius 2 is 1.93 bits per heavy atom. The minimum absolute atomic E-state index is 0.230. The summed E-state index contributed by atoms with van der Waals surface area (Å²) in [5.41, 5.74) is 5.64. The molecule has 88 valence electrons. The molecule has 0 aromatic heterocycles. The second kappa shape index (κ2) is 4.97. The summed E-state index contributed by atoms with van der Waals surface area (Å²) in [5.74, 6) is 0.250. The van der Waals surface area contributed by atoms with Crippen LogP contribution in [0.1, 0.15) is 52.4 Å². The van der Waals surface area contributed by atoms with Crippen molar-refractivity contribution in [1.29, 1.82) is 0 Å². The van der Waals surface area contributed by atoms with Gasteiger partial charge in [-0.1, -0.05) is 12.8 Å². The van der Waals surface area contributed by atoms with Gasteiger partial charge in [-0.3, -0.25) is 4.79 Å². The molecule has 0 saturated heterocycles. The molecule has 0 bridgehead atoms. The quantitative estimate of drug-likeness (QED) is 0.773. The number of carbonyl (C=O) groups excluding carboxylic acids is 1. The number of carbonyl (C=O) groups is 1. The number of nitrogens with two attached hydrogens (primary N) is 1. The average molecular weight is 212 g/mol. The summed E-state index contributed by atoms with van der Waals surface area (Å²) in [4.78, 5) is 13.8. The van der Waals surface area contributed by atoms with E-state index in [0.717, 1.165) is 6.42 Å². The van der Waals surface area contributed by atoms with Crippen LogP contribution < -0.4 is 5.73 Å². The van der Waals surface area contributed by atoms with Gasteiger partial charge in [0.1, 0.15) is 0 Å². The molecule has 1 aliphatic rings. The maximum atomic E-state index is 11.8. The molecule has 0 unspecified atom stereocenters. The maximum Gasteiger partial charge on any atom is 0.222 e. The number of hydrogen-bond donors (Lipinski definition) is 1. The second-order valence-electron chi connectivity index (χ2n) is 5.43. The lowest BCUT2D eigenvalue weighted by molar-refractivity contribution is -0.132. The summed E-state index contributed by atoms with van der Waals surface area (Å²) in [7, 11) is 1.93. The Morgan fingerprint density at radius 3 is 2.40 bits per heavy atom. The SMILES string of the molecule is CN(C(=O)CCC(C)(C)N)C1CCCC1. The lowest BCUT2D eigenvalue weighted by Gasteiger charge is -2.26. The first kappa shape index (κ1) is 12.5. The van der Waals surface area contributed by atoms with Crippen LogP contribution >= 0.6 is 0 Å². The molecule has 15 heavy (non-hydrogen) atoms. The summed E-state index contributed by atoms with van der Waals surface area (Å²) in [5, 5.41) is 0. The zero-order valence-corrected chi connectivity index (χ0v) is 10.3. The lowest BCUT2D eigenvalue weighted by atomic mass is 9.99. The molecular formula is C12H24N2O. The van der Waals surface area contributed by atoms with Gasteiger partial charge in [-0.15, -0.1) is 0 Å². The molecular weight excluding hydrogens is 188 g/mol. The summed E-state index contributed by atoms with van der Waals surface area (Å²) in [6.45, 7) is 3.94. The van der Waals surface area contributed by atoms with E-state index in [-0.39, 0.29) is 11.4 Å². The van der Waals surface area contributed by atoms with Crippen molar-refractivity contribution in [3.05, 3.63) is 0 Å². The molecule has 0 atom stereocenters. The van der Waals surface area contributed by atoms with Gasteiger partial charge in [-0.2, -0.15) is 0 Å². The van der Waals surface area contributed by atoms with Crippen LogP contribution in [0.25, 0.3) is 0 Å². The summed E-state index contributed by atoms with van der Waals surface area (Å²) >= 11 is 0. The normalized spacial score (nSPS) is 18.1. The zero-order chi connectivity index (χ0) is 11.5. The van der Waals surface area contributed by atoms with Crippen LogP contribution in [0.3, 0.4) is 0 Å². The summed E-state index contributed by atoms with van der Waals surface area (Å²) < 4.78 is 0. The predicted octanol–water partition coefficient (Wildman–Crippen LogP) is 1.90. The Morgan fingerprint density at radius 1 is 1.40 bits per heavy atom. The molecule has 1 fully saturated rings. The Kier molecular flexibility index (Phi) is 4.14. The highest BCUT2D eigenvalue weighted by Crippen LogP contribution is 2.23. The van der Waals surface area contributed by atoms with E-state index in [2.05, 4.69) is 0 Å². The molecule has 0 radical (unpaired) electrons. The van der Waals surface area contributed by atoms with Gasteiger partial charge >= 0.3 is 0 Å². The smallest absolute Gasteiger partial charge is 0.222 e. The van der Waals surface area contributed by atoms with E-state index >= 15 is 0 Å². The highest BCUT2D eigenvalue weighted by molar-refractivity contribution is 5.76. The number of nitrogens with zero attached hydrogens (tertiary/aromatic N) is 1. The molecule has 1 saturated carbocycles. The highest BCUT2D eigenvalue weighted by Gasteiger charge is 2.24. The molecule has 0 aromatic rings. The van der Waals surface area contributed by atoms with Crippen molar-refractivity contribution in [3.63, 3.8) is 0 Å². The monoisotopic (exact) mass is 212 g/mol. The molecule has 0 aromatic carbocycles. The maximum absolute atomic E-state index is 11.8. The average Bonchev–Trinajstić information content (AvgIpc) is 2.64. The van der Waals surface area contributed by atoms with Gasteiger partial charge in [0, 0.05) is 25.0 Å². The Labute approximate surface area is 93.0 Å². The molecule has 1 amide bonds. The van der Waals surface area contributed by atoms with E-state index < -0.39 is 0 Å². The fraction of sp³-hybridized carbons (Fsp3) is 0.917. The molecule has 1 aliphatic carbocycles. The standard InChI is InChI=1S/C12H24N2O/c1-12(2,13)9-8-11(15)14(3)10-6-4-5-7-10/h10H,4-9,13H2,1-3H3. The van der Waals surface area contributed by atoms with Crippen LogP contribution in [0.2, 0.25) is 0 Å². The topological polar surface area (TPSA) is 46.3 Å². The number of rotatable bonds is 4. The van der Waals surface area contributed by atoms with E-state index in [4.69, 9.17) is 5.73 Å². The van der Waals surface area contributed by atoms with Gasteiger partial charge in [0.15, 0.2) is 0 Å². The van der Waals surface area contributed by atoms with Crippen LogP contribution in [-0.4, -0.2) is 29.4 Å². The van der Waals surface area contributed by atoms with Gasteiger partial charge in [0.05, 0.1) is 0 Å². The molecule has 0 aliphatic heterocycles. The Balaban J connectivity index is 2.32. The third-order valence-electron chi connectivity index (χ3n) is 3.25. The van der Waals surface area contributed by atoms with E-state index in [0.29, 0.717) is 12.5 Å². The Bertz CT molecular complexity index is 214. The van der Waals surface area contributed by atoms with Crippen molar-refractivity contribution in [2.24, 2.45) is 5.73 Å². The fourth-order valence-electron chi connectivity index (χ4n) is 2.10. The number of amides is 1. The fourth-order valence-corrected chi connectivity index (χ4v) is 2.10. The van der Waals surface area contributed by atoms with Crippen molar-refractivity contribution in [1.82, 2.24) is 4.90 Å². The second-order valence-corrected chi connectivity index (χ2v) is 5.43. The van der Waals surface area contributed by atoms with E-state index in [1.165, 1.54) is 25.7 Å². The third-order valence-corrected chi connectivity index (χ3v) is 3.25. The van der Waals surface area contributed by atoms with Gasteiger partial charge in [-0.25, -0.2) is 0 Å². The molecule has 0 spiro atoms. The molecule has 3 nitrogen and oxygen atoms in total. The summed E-state index contributed by atoms with van der Waals surface area (Å²) in [6.07, 6.45) is 6.23. The summed E-state index contributed by atoms with van der Waals surface area (Å²) in [6, 6.07) is 0.485. The largest absolute Gasteiger partial charge is 0.343 e. The first-order valence-electron chi connectivity index (χ1n) is 5.95.